The maximum absolute atomic E-state index is 12.7. The zero-order valence-corrected chi connectivity index (χ0v) is 25.2. The average Bonchev–Trinajstić information content (AvgIpc) is 3.00. The standard InChI is InChI=1S/C31H31NO14/c1-16(33)41-25-26(42-17(2)34)28(43-18(3)35)30(46-27(25)29(37)39-4)44-21-10-11-22-20(12-24(36)45-23(22)13-21)14-32-31(38)40-15-19-8-6-5-7-9-19/h5-13,25-28,30H,14-15H2,1-4H3,(H,32,38). The molecule has 5 unspecified atom stereocenters. The molecule has 2 aromatic carbocycles. The molecule has 0 saturated carbocycles. The van der Waals surface area contributed by atoms with Crippen LogP contribution in [0.2, 0.25) is 0 Å². The van der Waals surface area contributed by atoms with Crippen LogP contribution in [-0.2, 0) is 60.8 Å². The van der Waals surface area contributed by atoms with E-state index < -0.39 is 66.3 Å². The van der Waals surface area contributed by atoms with Crippen molar-refractivity contribution in [2.24, 2.45) is 0 Å². The second-order valence-electron chi connectivity index (χ2n) is 9.95. The Bertz CT molecular complexity index is 1650. The number of nitrogens with one attached hydrogen (secondary N) is 1. The number of ether oxygens (including phenoxy) is 7. The van der Waals surface area contributed by atoms with Gasteiger partial charge in [-0.05, 0) is 23.3 Å². The number of esters is 4. The van der Waals surface area contributed by atoms with Crippen LogP contribution >= 0.6 is 0 Å². The SMILES string of the molecule is COC(=O)C1OC(Oc2ccc3c(CNC(=O)OCc4ccccc4)cc(=O)oc3c2)C(OC(C)=O)C(OC(C)=O)C1OC(C)=O. The second-order valence-corrected chi connectivity index (χ2v) is 9.95. The van der Waals surface area contributed by atoms with Crippen molar-refractivity contribution in [1.82, 2.24) is 5.32 Å². The summed E-state index contributed by atoms with van der Waals surface area (Å²) >= 11 is 0. The first kappa shape index (κ1) is 33.5. The minimum atomic E-state index is -1.66. The summed E-state index contributed by atoms with van der Waals surface area (Å²) in [4.78, 5) is 73.3. The monoisotopic (exact) mass is 641 g/mol. The Kier molecular flexibility index (Phi) is 10.9. The van der Waals surface area contributed by atoms with Gasteiger partial charge in [-0.2, -0.15) is 0 Å². The molecule has 4 rings (SSSR count). The Labute approximate surface area is 261 Å². The lowest BCUT2D eigenvalue weighted by atomic mass is 9.97. The summed E-state index contributed by atoms with van der Waals surface area (Å²) in [5.74, 6) is -3.51. The molecule has 1 aliphatic rings. The van der Waals surface area contributed by atoms with Gasteiger partial charge in [-0.25, -0.2) is 14.4 Å². The number of hydrogen-bond donors (Lipinski definition) is 1. The number of carbonyl (C=O) groups excluding carboxylic acids is 5. The maximum atomic E-state index is 12.7. The zero-order valence-electron chi connectivity index (χ0n) is 25.2. The summed E-state index contributed by atoms with van der Waals surface area (Å²) in [5, 5.41) is 3.03. The fourth-order valence-electron chi connectivity index (χ4n) is 4.68. The molecule has 15 heteroatoms. The van der Waals surface area contributed by atoms with Gasteiger partial charge in [0.2, 0.25) is 12.4 Å². The van der Waals surface area contributed by atoms with Crippen LogP contribution in [0.4, 0.5) is 4.79 Å². The summed E-state index contributed by atoms with van der Waals surface area (Å²) in [6.07, 6.45) is -8.63. The molecule has 0 bridgehead atoms. The van der Waals surface area contributed by atoms with Crippen molar-refractivity contribution < 1.29 is 61.5 Å². The number of rotatable bonds is 10. The van der Waals surface area contributed by atoms with Crippen molar-refractivity contribution in [1.29, 1.82) is 0 Å². The van der Waals surface area contributed by atoms with E-state index in [1.54, 1.807) is 12.1 Å². The van der Waals surface area contributed by atoms with Crippen LogP contribution in [0, 0.1) is 0 Å². The van der Waals surface area contributed by atoms with Gasteiger partial charge in [0.15, 0.2) is 18.3 Å². The van der Waals surface area contributed by atoms with Crippen molar-refractivity contribution in [3.05, 3.63) is 76.1 Å². The minimum Gasteiger partial charge on any atom is -0.467 e. The van der Waals surface area contributed by atoms with Crippen LogP contribution in [-0.4, -0.2) is 67.8 Å². The van der Waals surface area contributed by atoms with Gasteiger partial charge in [0.1, 0.15) is 17.9 Å². The van der Waals surface area contributed by atoms with E-state index in [1.807, 2.05) is 18.2 Å². The third-order valence-electron chi connectivity index (χ3n) is 6.52. The van der Waals surface area contributed by atoms with Crippen molar-refractivity contribution in [2.75, 3.05) is 7.11 Å². The molecule has 1 N–H and O–H groups in total. The molecule has 1 aliphatic heterocycles. The van der Waals surface area contributed by atoms with E-state index in [0.29, 0.717) is 10.9 Å². The highest BCUT2D eigenvalue weighted by Gasteiger charge is 2.55. The van der Waals surface area contributed by atoms with Crippen LogP contribution in [0.5, 0.6) is 5.75 Å². The van der Waals surface area contributed by atoms with Crippen LogP contribution in [0.25, 0.3) is 11.0 Å². The third kappa shape index (κ3) is 8.59. The van der Waals surface area contributed by atoms with Crippen molar-refractivity contribution in [2.45, 2.75) is 64.6 Å². The molecule has 1 amide bonds. The predicted molar refractivity (Wildman–Crippen MR) is 154 cm³/mol. The Hall–Kier alpha value is -5.44. The van der Waals surface area contributed by atoms with Crippen LogP contribution in [0.15, 0.2) is 63.8 Å². The summed E-state index contributed by atoms with van der Waals surface area (Å²) < 4.78 is 43.0. The Morgan fingerprint density at radius 1 is 0.826 bits per heavy atom. The fourth-order valence-corrected chi connectivity index (χ4v) is 4.68. The predicted octanol–water partition coefficient (Wildman–Crippen LogP) is 2.29. The molecule has 5 atom stereocenters. The lowest BCUT2D eigenvalue weighted by molar-refractivity contribution is -0.282. The van der Waals surface area contributed by atoms with Gasteiger partial charge in [-0.1, -0.05) is 30.3 Å². The summed E-state index contributed by atoms with van der Waals surface area (Å²) in [6.45, 7) is 3.18. The Morgan fingerprint density at radius 3 is 2.13 bits per heavy atom. The van der Waals surface area contributed by atoms with E-state index in [4.69, 9.17) is 37.6 Å². The topological polar surface area (TPSA) is 192 Å². The molecule has 1 saturated heterocycles. The molecule has 1 fully saturated rings. The number of alkyl carbamates (subject to hydrolysis) is 1. The van der Waals surface area contributed by atoms with E-state index in [-0.39, 0.29) is 24.5 Å². The summed E-state index contributed by atoms with van der Waals surface area (Å²) in [5.41, 5.74) is 0.535. The number of hydrogen-bond acceptors (Lipinski definition) is 14. The van der Waals surface area contributed by atoms with E-state index in [2.05, 4.69) is 5.32 Å². The molecule has 15 nitrogen and oxygen atoms in total. The molecule has 3 aromatic rings. The highest BCUT2D eigenvalue weighted by atomic mass is 16.7. The molecule has 2 heterocycles. The normalized spacial score (nSPS) is 20.6. The molecular formula is C31H31NO14. The lowest BCUT2D eigenvalue weighted by Gasteiger charge is -2.43. The van der Waals surface area contributed by atoms with Gasteiger partial charge < -0.3 is 42.9 Å². The maximum Gasteiger partial charge on any atom is 0.407 e. The largest absolute Gasteiger partial charge is 0.467 e. The van der Waals surface area contributed by atoms with Crippen molar-refractivity contribution in [3.8, 4) is 5.75 Å². The van der Waals surface area contributed by atoms with E-state index in [0.717, 1.165) is 33.4 Å². The van der Waals surface area contributed by atoms with Gasteiger partial charge in [-0.15, -0.1) is 0 Å². The third-order valence-corrected chi connectivity index (χ3v) is 6.52. The Balaban J connectivity index is 1.59. The number of fused-ring (bicyclic) bond motifs is 1. The van der Waals surface area contributed by atoms with Crippen molar-refractivity contribution in [3.63, 3.8) is 0 Å². The quantitative estimate of drug-likeness (QED) is 0.193. The zero-order chi connectivity index (χ0) is 33.4. The first-order valence-corrected chi connectivity index (χ1v) is 13.9. The molecule has 1 aromatic heterocycles. The van der Waals surface area contributed by atoms with Crippen molar-refractivity contribution >= 4 is 40.9 Å². The molecule has 244 valence electrons. The molecule has 0 radical (unpaired) electrons. The van der Waals surface area contributed by atoms with Crippen LogP contribution in [0.3, 0.4) is 0 Å². The van der Waals surface area contributed by atoms with E-state index in [9.17, 15) is 28.8 Å². The molecular weight excluding hydrogens is 610 g/mol. The summed E-state index contributed by atoms with van der Waals surface area (Å²) in [7, 11) is 1.06. The van der Waals surface area contributed by atoms with Gasteiger partial charge in [0.05, 0.1) is 7.11 Å². The highest BCUT2D eigenvalue weighted by Crippen LogP contribution is 2.32. The summed E-state index contributed by atoms with van der Waals surface area (Å²) in [6, 6.07) is 14.6. The molecule has 0 aliphatic carbocycles. The second kappa shape index (κ2) is 15.0. The average molecular weight is 642 g/mol. The van der Waals surface area contributed by atoms with Gasteiger partial charge >= 0.3 is 35.6 Å². The number of methoxy groups -OCH3 is 1. The van der Waals surface area contributed by atoms with Gasteiger partial charge in [-0.3, -0.25) is 14.4 Å². The number of benzene rings is 2. The van der Waals surface area contributed by atoms with Gasteiger partial charge in [0, 0.05) is 44.8 Å². The van der Waals surface area contributed by atoms with E-state index >= 15 is 0 Å². The minimum absolute atomic E-state index is 0.0151. The first-order valence-electron chi connectivity index (χ1n) is 13.9. The fraction of sp³-hybridized carbons (Fsp3) is 0.355. The number of amides is 1. The molecule has 0 spiro atoms. The first-order chi connectivity index (χ1) is 21.9. The number of carbonyl (C=O) groups is 5. The highest BCUT2D eigenvalue weighted by molar-refractivity contribution is 5.82. The molecule has 46 heavy (non-hydrogen) atoms. The van der Waals surface area contributed by atoms with Gasteiger partial charge in [0.25, 0.3) is 0 Å². The lowest BCUT2D eigenvalue weighted by Crippen LogP contribution is -2.64. The Morgan fingerprint density at radius 2 is 1.48 bits per heavy atom. The van der Waals surface area contributed by atoms with Crippen LogP contribution in [0.1, 0.15) is 31.9 Å². The smallest absolute Gasteiger partial charge is 0.407 e. The van der Waals surface area contributed by atoms with E-state index in [1.165, 1.54) is 24.3 Å². The van der Waals surface area contributed by atoms with Crippen LogP contribution < -0.4 is 15.7 Å².